The number of nitrogens with one attached hydrogen (secondary N) is 1. The second-order valence-electron chi connectivity index (χ2n) is 5.33. The van der Waals surface area contributed by atoms with Gasteiger partial charge in [0.05, 0.1) is 13.2 Å². The average Bonchev–Trinajstić information content (AvgIpc) is 3.29. The molecule has 1 aliphatic rings. The monoisotopic (exact) mass is 349 g/mol. The minimum Gasteiger partial charge on any atom is -0.396 e. The molecule has 1 fully saturated rings. The summed E-state index contributed by atoms with van der Waals surface area (Å²) in [5.74, 6) is 1.35. The average molecular weight is 349 g/mol. The van der Waals surface area contributed by atoms with Crippen molar-refractivity contribution in [3.63, 3.8) is 0 Å². The number of benzene rings is 1. The number of ether oxygens (including phenoxy) is 1. The predicted octanol–water partition coefficient (Wildman–Crippen LogP) is 1.94. The highest BCUT2D eigenvalue weighted by Gasteiger charge is 2.23. The first-order chi connectivity index (χ1) is 11.8. The SMILES string of the molecule is O=C(NCc1noc([C@H]2CCCO2)n1)c1ccc(SCCO)cc1. The molecule has 128 valence electrons. The van der Waals surface area contributed by atoms with Gasteiger partial charge in [0.25, 0.3) is 11.8 Å². The predicted molar refractivity (Wildman–Crippen MR) is 87.6 cm³/mol. The largest absolute Gasteiger partial charge is 0.396 e. The second-order valence-corrected chi connectivity index (χ2v) is 6.50. The quantitative estimate of drug-likeness (QED) is 0.737. The van der Waals surface area contributed by atoms with Gasteiger partial charge in [-0.05, 0) is 37.1 Å². The van der Waals surface area contributed by atoms with Gasteiger partial charge in [0.2, 0.25) is 0 Å². The van der Waals surface area contributed by atoms with E-state index in [0.29, 0.717) is 29.6 Å². The minimum absolute atomic E-state index is 0.120. The molecule has 0 spiro atoms. The smallest absolute Gasteiger partial charge is 0.255 e. The molecule has 8 heteroatoms. The van der Waals surface area contributed by atoms with Crippen LogP contribution in [0.3, 0.4) is 0 Å². The van der Waals surface area contributed by atoms with Crippen molar-refractivity contribution in [1.29, 1.82) is 0 Å². The summed E-state index contributed by atoms with van der Waals surface area (Å²) in [6.07, 6.45) is 1.76. The zero-order chi connectivity index (χ0) is 16.8. The molecular formula is C16H19N3O4S. The molecule has 2 aromatic rings. The number of rotatable bonds is 7. The Morgan fingerprint density at radius 3 is 2.92 bits per heavy atom. The Morgan fingerprint density at radius 1 is 1.38 bits per heavy atom. The maximum atomic E-state index is 12.1. The van der Waals surface area contributed by atoms with Gasteiger partial charge in [-0.2, -0.15) is 4.98 Å². The summed E-state index contributed by atoms with van der Waals surface area (Å²) in [5.41, 5.74) is 0.561. The summed E-state index contributed by atoms with van der Waals surface area (Å²) < 4.78 is 10.7. The van der Waals surface area contributed by atoms with Crippen LogP contribution in [0.15, 0.2) is 33.7 Å². The van der Waals surface area contributed by atoms with Crippen molar-refractivity contribution in [2.24, 2.45) is 0 Å². The van der Waals surface area contributed by atoms with Gasteiger partial charge >= 0.3 is 0 Å². The molecule has 1 amide bonds. The molecule has 0 unspecified atom stereocenters. The van der Waals surface area contributed by atoms with Crippen LogP contribution in [0.1, 0.15) is 41.0 Å². The lowest BCUT2D eigenvalue weighted by atomic mass is 10.2. The molecule has 1 atom stereocenters. The van der Waals surface area contributed by atoms with Crippen LogP contribution in [0.25, 0.3) is 0 Å². The molecule has 0 saturated carbocycles. The maximum Gasteiger partial charge on any atom is 0.255 e. The van der Waals surface area contributed by atoms with Gasteiger partial charge < -0.3 is 19.7 Å². The van der Waals surface area contributed by atoms with E-state index in [1.165, 1.54) is 11.8 Å². The molecular weight excluding hydrogens is 330 g/mol. The Morgan fingerprint density at radius 2 is 2.21 bits per heavy atom. The molecule has 0 bridgehead atoms. The van der Waals surface area contributed by atoms with Gasteiger partial charge in [-0.25, -0.2) is 0 Å². The van der Waals surface area contributed by atoms with E-state index >= 15 is 0 Å². The number of hydrogen-bond donors (Lipinski definition) is 2. The minimum atomic E-state index is -0.197. The highest BCUT2D eigenvalue weighted by atomic mass is 32.2. The van der Waals surface area contributed by atoms with Crippen LogP contribution in [0.2, 0.25) is 0 Å². The number of aromatic nitrogens is 2. The molecule has 1 aromatic heterocycles. The Hall–Kier alpha value is -1.90. The van der Waals surface area contributed by atoms with Gasteiger partial charge in [0, 0.05) is 22.8 Å². The van der Waals surface area contributed by atoms with Crippen molar-refractivity contribution >= 4 is 17.7 Å². The topological polar surface area (TPSA) is 97.5 Å². The number of nitrogens with zero attached hydrogens (tertiary/aromatic N) is 2. The molecule has 0 aliphatic carbocycles. The lowest BCUT2D eigenvalue weighted by Crippen LogP contribution is -2.23. The highest BCUT2D eigenvalue weighted by Crippen LogP contribution is 2.26. The molecule has 0 radical (unpaired) electrons. The Kier molecular flexibility index (Phi) is 5.84. The molecule has 1 aliphatic heterocycles. The number of aliphatic hydroxyl groups excluding tert-OH is 1. The van der Waals surface area contributed by atoms with Gasteiger partial charge in [-0.1, -0.05) is 5.16 Å². The zero-order valence-corrected chi connectivity index (χ0v) is 13.9. The number of aliphatic hydroxyl groups is 1. The lowest BCUT2D eigenvalue weighted by molar-refractivity contribution is 0.0835. The van der Waals surface area contributed by atoms with E-state index < -0.39 is 0 Å². The first-order valence-corrected chi connectivity index (χ1v) is 8.81. The summed E-state index contributed by atoms with van der Waals surface area (Å²) in [5, 5.41) is 15.4. The molecule has 3 rings (SSSR count). The molecule has 2 N–H and O–H groups in total. The van der Waals surface area contributed by atoms with Crippen LogP contribution in [0.4, 0.5) is 0 Å². The van der Waals surface area contributed by atoms with Crippen molar-refractivity contribution in [2.75, 3.05) is 19.0 Å². The lowest BCUT2D eigenvalue weighted by Gasteiger charge is -2.04. The van der Waals surface area contributed by atoms with E-state index in [1.807, 2.05) is 12.1 Å². The van der Waals surface area contributed by atoms with E-state index in [2.05, 4.69) is 15.5 Å². The molecule has 1 saturated heterocycles. The van der Waals surface area contributed by atoms with Crippen LogP contribution in [-0.4, -0.2) is 40.1 Å². The van der Waals surface area contributed by atoms with Crippen molar-refractivity contribution in [3.8, 4) is 0 Å². The van der Waals surface area contributed by atoms with E-state index in [-0.39, 0.29) is 25.2 Å². The second kappa shape index (κ2) is 8.27. The van der Waals surface area contributed by atoms with Crippen molar-refractivity contribution in [1.82, 2.24) is 15.5 Å². The summed E-state index contributed by atoms with van der Waals surface area (Å²) in [6.45, 7) is 1.05. The van der Waals surface area contributed by atoms with E-state index in [0.717, 1.165) is 17.7 Å². The third-order valence-electron chi connectivity index (χ3n) is 3.57. The summed E-state index contributed by atoms with van der Waals surface area (Å²) in [4.78, 5) is 17.4. The number of amides is 1. The first kappa shape index (κ1) is 16.9. The van der Waals surface area contributed by atoms with Gasteiger partial charge in [-0.15, -0.1) is 11.8 Å². The fourth-order valence-electron chi connectivity index (χ4n) is 2.37. The fraction of sp³-hybridized carbons (Fsp3) is 0.438. The maximum absolute atomic E-state index is 12.1. The third-order valence-corrected chi connectivity index (χ3v) is 4.56. The molecule has 2 heterocycles. The fourth-order valence-corrected chi connectivity index (χ4v) is 3.03. The Balaban J connectivity index is 1.51. The molecule has 24 heavy (non-hydrogen) atoms. The van der Waals surface area contributed by atoms with Gasteiger partial charge in [0.1, 0.15) is 6.10 Å². The summed E-state index contributed by atoms with van der Waals surface area (Å²) in [6, 6.07) is 7.23. The number of carbonyl (C=O) groups is 1. The zero-order valence-electron chi connectivity index (χ0n) is 13.1. The van der Waals surface area contributed by atoms with Crippen molar-refractivity contribution in [2.45, 2.75) is 30.4 Å². The van der Waals surface area contributed by atoms with E-state index in [9.17, 15) is 4.79 Å². The van der Waals surface area contributed by atoms with Gasteiger partial charge in [0.15, 0.2) is 5.82 Å². The van der Waals surface area contributed by atoms with Crippen molar-refractivity contribution < 1.29 is 19.2 Å². The Bertz CT molecular complexity index is 668. The van der Waals surface area contributed by atoms with Crippen LogP contribution >= 0.6 is 11.8 Å². The normalized spacial score (nSPS) is 17.1. The standard InChI is InChI=1S/C16H19N3O4S/c20-7-9-24-12-5-3-11(4-6-12)15(21)17-10-14-18-16(23-19-14)13-2-1-8-22-13/h3-6,13,20H,1-2,7-10H2,(H,17,21)/t13-/m1/s1. The van der Waals surface area contributed by atoms with Crippen LogP contribution in [0.5, 0.6) is 0 Å². The summed E-state index contributed by atoms with van der Waals surface area (Å²) in [7, 11) is 0. The van der Waals surface area contributed by atoms with Crippen molar-refractivity contribution in [3.05, 3.63) is 41.5 Å². The molecule has 7 nitrogen and oxygen atoms in total. The van der Waals surface area contributed by atoms with E-state index in [1.54, 1.807) is 12.1 Å². The third kappa shape index (κ3) is 4.34. The highest BCUT2D eigenvalue weighted by molar-refractivity contribution is 7.99. The van der Waals surface area contributed by atoms with Crippen LogP contribution in [-0.2, 0) is 11.3 Å². The van der Waals surface area contributed by atoms with E-state index in [4.69, 9.17) is 14.4 Å². The summed E-state index contributed by atoms with van der Waals surface area (Å²) >= 11 is 1.54. The van der Waals surface area contributed by atoms with Crippen LogP contribution in [0, 0.1) is 0 Å². The van der Waals surface area contributed by atoms with Gasteiger partial charge in [-0.3, -0.25) is 4.79 Å². The number of thioether (sulfide) groups is 1. The number of hydrogen-bond acceptors (Lipinski definition) is 7. The number of carbonyl (C=O) groups excluding carboxylic acids is 1. The molecule has 1 aromatic carbocycles. The van der Waals surface area contributed by atoms with Crippen LogP contribution < -0.4 is 5.32 Å². The first-order valence-electron chi connectivity index (χ1n) is 7.82. The Labute approximate surface area is 143 Å².